The highest BCUT2D eigenvalue weighted by molar-refractivity contribution is 9.10. The summed E-state index contributed by atoms with van der Waals surface area (Å²) in [4.78, 5) is 16.9. The maximum atomic E-state index is 12.8. The molecule has 1 aliphatic heterocycles. The van der Waals surface area contributed by atoms with E-state index in [0.717, 1.165) is 33.2 Å². The van der Waals surface area contributed by atoms with Crippen molar-refractivity contribution in [3.05, 3.63) is 53.0 Å². The lowest BCUT2D eigenvalue weighted by atomic mass is 10.2. The maximum absolute atomic E-state index is 12.8. The summed E-state index contributed by atoms with van der Waals surface area (Å²) in [6, 6.07) is 14.3. The molecule has 0 unspecified atom stereocenters. The quantitative estimate of drug-likeness (QED) is 0.616. The number of likely N-dealkylation sites (N-methyl/N-ethyl adjacent to an activating group) is 1. The van der Waals surface area contributed by atoms with Crippen molar-refractivity contribution < 1.29 is 17.9 Å². The van der Waals surface area contributed by atoms with E-state index in [9.17, 15) is 13.2 Å². The summed E-state index contributed by atoms with van der Waals surface area (Å²) in [5, 5.41) is 0. The number of amides is 1. The average molecular weight is 496 g/mol. The number of nitrogens with zero attached hydrogens (tertiary/aromatic N) is 3. The van der Waals surface area contributed by atoms with Crippen LogP contribution in [0.1, 0.15) is 6.42 Å². The molecule has 0 saturated carbocycles. The molecule has 9 heteroatoms. The number of benzene rings is 2. The second-order valence-electron chi connectivity index (χ2n) is 7.13. The molecule has 162 valence electrons. The molecule has 2 aromatic rings. The monoisotopic (exact) mass is 495 g/mol. The van der Waals surface area contributed by atoms with E-state index in [1.807, 2.05) is 24.3 Å². The Balaban J connectivity index is 1.60. The van der Waals surface area contributed by atoms with Crippen LogP contribution in [0.25, 0.3) is 0 Å². The third kappa shape index (κ3) is 5.33. The Morgan fingerprint density at radius 3 is 2.33 bits per heavy atom. The molecule has 0 spiro atoms. The molecule has 1 fully saturated rings. The van der Waals surface area contributed by atoms with Crippen molar-refractivity contribution >= 4 is 37.5 Å². The van der Waals surface area contributed by atoms with E-state index < -0.39 is 10.0 Å². The second kappa shape index (κ2) is 9.80. The number of anilines is 1. The first-order chi connectivity index (χ1) is 14.3. The molecule has 7 nitrogen and oxygen atoms in total. The third-order valence-electron chi connectivity index (χ3n) is 5.17. The number of carbonyl (C=O) groups is 1. The predicted molar refractivity (Wildman–Crippen MR) is 120 cm³/mol. The highest BCUT2D eigenvalue weighted by Gasteiger charge is 2.26. The SMILES string of the molecule is COc1ccc(N2CCCN(C(=O)CN(C)S(=O)(=O)c3ccc(Br)cc3)CC2)cc1. The van der Waals surface area contributed by atoms with Gasteiger partial charge in [0.25, 0.3) is 0 Å². The number of methoxy groups -OCH3 is 1. The number of sulfonamides is 1. The molecule has 1 heterocycles. The largest absolute Gasteiger partial charge is 0.497 e. The number of halogens is 1. The van der Waals surface area contributed by atoms with Gasteiger partial charge in [-0.2, -0.15) is 4.31 Å². The number of carbonyl (C=O) groups excluding carboxylic acids is 1. The highest BCUT2D eigenvalue weighted by atomic mass is 79.9. The molecule has 0 aliphatic carbocycles. The van der Waals surface area contributed by atoms with Gasteiger partial charge >= 0.3 is 0 Å². The van der Waals surface area contributed by atoms with Gasteiger partial charge in [0.1, 0.15) is 5.75 Å². The summed E-state index contributed by atoms with van der Waals surface area (Å²) in [6.07, 6.45) is 0.820. The molecule has 0 radical (unpaired) electrons. The van der Waals surface area contributed by atoms with Crippen molar-refractivity contribution in [2.45, 2.75) is 11.3 Å². The Morgan fingerprint density at radius 2 is 1.70 bits per heavy atom. The third-order valence-corrected chi connectivity index (χ3v) is 7.51. The first-order valence-corrected chi connectivity index (χ1v) is 11.9. The molecule has 1 amide bonds. The molecule has 0 aromatic heterocycles. The minimum absolute atomic E-state index is 0.169. The minimum atomic E-state index is -3.72. The van der Waals surface area contributed by atoms with E-state index in [4.69, 9.17) is 4.74 Å². The van der Waals surface area contributed by atoms with Crippen molar-refractivity contribution in [2.24, 2.45) is 0 Å². The maximum Gasteiger partial charge on any atom is 0.243 e. The molecule has 3 rings (SSSR count). The summed E-state index contributed by atoms with van der Waals surface area (Å²) >= 11 is 3.30. The van der Waals surface area contributed by atoms with E-state index in [2.05, 4.69) is 20.8 Å². The van der Waals surface area contributed by atoms with E-state index >= 15 is 0 Å². The second-order valence-corrected chi connectivity index (χ2v) is 10.1. The van der Waals surface area contributed by atoms with Gasteiger partial charge in [-0.3, -0.25) is 4.79 Å². The molecule has 1 saturated heterocycles. The first kappa shape index (κ1) is 22.6. The normalized spacial score (nSPS) is 15.2. The molecule has 0 N–H and O–H groups in total. The summed E-state index contributed by atoms with van der Waals surface area (Å²) < 4.78 is 32.6. The molecule has 1 aliphatic rings. The molecule has 0 atom stereocenters. The predicted octanol–water partition coefficient (Wildman–Crippen LogP) is 2.82. The minimum Gasteiger partial charge on any atom is -0.497 e. The van der Waals surface area contributed by atoms with Crippen LogP contribution in [0.2, 0.25) is 0 Å². The van der Waals surface area contributed by atoms with Gasteiger partial charge in [-0.1, -0.05) is 15.9 Å². The van der Waals surface area contributed by atoms with Gasteiger partial charge in [0, 0.05) is 43.4 Å². The summed E-state index contributed by atoms with van der Waals surface area (Å²) in [5.74, 6) is 0.621. The molecule has 2 aromatic carbocycles. The fourth-order valence-corrected chi connectivity index (χ4v) is 4.76. The van der Waals surface area contributed by atoms with Gasteiger partial charge in [-0.15, -0.1) is 0 Å². The van der Waals surface area contributed by atoms with Crippen molar-refractivity contribution in [1.29, 1.82) is 0 Å². The lowest BCUT2D eigenvalue weighted by Gasteiger charge is -2.25. The Kier molecular flexibility index (Phi) is 7.38. The van der Waals surface area contributed by atoms with Crippen molar-refractivity contribution in [3.63, 3.8) is 0 Å². The van der Waals surface area contributed by atoms with Crippen LogP contribution in [0, 0.1) is 0 Å². The van der Waals surface area contributed by atoms with Crippen LogP contribution in [0.15, 0.2) is 57.9 Å². The average Bonchev–Trinajstić information content (AvgIpc) is 3.00. The Morgan fingerprint density at radius 1 is 1.03 bits per heavy atom. The van der Waals surface area contributed by atoms with Crippen molar-refractivity contribution in [2.75, 3.05) is 51.8 Å². The van der Waals surface area contributed by atoms with Crippen molar-refractivity contribution in [1.82, 2.24) is 9.21 Å². The lowest BCUT2D eigenvalue weighted by Crippen LogP contribution is -2.42. The topological polar surface area (TPSA) is 70.2 Å². The molecule has 0 bridgehead atoms. The fraction of sp³-hybridized carbons (Fsp3) is 0.381. The van der Waals surface area contributed by atoms with Crippen LogP contribution < -0.4 is 9.64 Å². The zero-order valence-electron chi connectivity index (χ0n) is 17.1. The van der Waals surface area contributed by atoms with Gasteiger partial charge in [0.2, 0.25) is 15.9 Å². The van der Waals surface area contributed by atoms with Gasteiger partial charge in [-0.25, -0.2) is 8.42 Å². The van der Waals surface area contributed by atoms with E-state index in [0.29, 0.717) is 19.6 Å². The first-order valence-electron chi connectivity index (χ1n) is 9.70. The fourth-order valence-electron chi connectivity index (χ4n) is 3.38. The number of hydrogen-bond donors (Lipinski definition) is 0. The lowest BCUT2D eigenvalue weighted by molar-refractivity contribution is -0.131. The zero-order valence-corrected chi connectivity index (χ0v) is 19.5. The van der Waals surface area contributed by atoms with E-state index in [1.165, 1.54) is 19.2 Å². The van der Waals surface area contributed by atoms with Gasteiger partial charge in [0.05, 0.1) is 18.6 Å². The van der Waals surface area contributed by atoms with Gasteiger partial charge in [-0.05, 0) is 55.0 Å². The van der Waals surface area contributed by atoms with Gasteiger partial charge < -0.3 is 14.5 Å². The van der Waals surface area contributed by atoms with Gasteiger partial charge in [0.15, 0.2) is 0 Å². The highest BCUT2D eigenvalue weighted by Crippen LogP contribution is 2.21. The zero-order chi connectivity index (χ0) is 21.7. The van der Waals surface area contributed by atoms with Crippen LogP contribution >= 0.6 is 15.9 Å². The number of rotatable bonds is 6. The van der Waals surface area contributed by atoms with Crippen LogP contribution in [0.5, 0.6) is 5.75 Å². The van der Waals surface area contributed by atoms with Crippen LogP contribution in [0.3, 0.4) is 0 Å². The van der Waals surface area contributed by atoms with E-state index in [-0.39, 0.29) is 17.3 Å². The van der Waals surface area contributed by atoms with Crippen LogP contribution in [-0.4, -0.2) is 70.4 Å². The van der Waals surface area contributed by atoms with Crippen LogP contribution in [0.4, 0.5) is 5.69 Å². The summed E-state index contributed by atoms with van der Waals surface area (Å²) in [5.41, 5.74) is 1.08. The van der Waals surface area contributed by atoms with E-state index in [1.54, 1.807) is 24.1 Å². The summed E-state index contributed by atoms with van der Waals surface area (Å²) in [7, 11) is -0.638. The Hall–Kier alpha value is -2.10. The smallest absolute Gasteiger partial charge is 0.243 e. The summed E-state index contributed by atoms with van der Waals surface area (Å²) in [6.45, 7) is 2.51. The van der Waals surface area contributed by atoms with Crippen molar-refractivity contribution in [3.8, 4) is 5.75 Å². The molecular formula is C21H26BrN3O4S. The molecule has 30 heavy (non-hydrogen) atoms. The molecular weight excluding hydrogens is 470 g/mol. The van der Waals surface area contributed by atoms with Crippen LogP contribution in [-0.2, 0) is 14.8 Å². The number of hydrogen-bond acceptors (Lipinski definition) is 5. The Bertz CT molecular complexity index is 965. The number of ether oxygens (including phenoxy) is 1. The standard InChI is InChI=1S/C21H26BrN3O4S/c1-23(30(27,28)20-10-4-17(22)5-11-20)16-21(26)25-13-3-12-24(14-15-25)18-6-8-19(29-2)9-7-18/h4-11H,3,12-16H2,1-2H3. The Labute approximate surface area is 186 Å².